The van der Waals surface area contributed by atoms with Crippen molar-refractivity contribution in [2.75, 3.05) is 6.61 Å². The molecular formula is C13H14O2. The smallest absolute Gasteiger partial charge is 0.130 e. The number of fused-ring (bicyclic) bond motifs is 1. The zero-order valence-corrected chi connectivity index (χ0v) is 8.57. The minimum Gasteiger partial charge on any atom is -0.492 e. The summed E-state index contributed by atoms with van der Waals surface area (Å²) in [6, 6.07) is 6.29. The van der Waals surface area contributed by atoms with Crippen molar-refractivity contribution in [2.24, 2.45) is 0 Å². The molecule has 0 spiro atoms. The maximum Gasteiger partial charge on any atom is 0.130 e. The molecule has 1 unspecified atom stereocenters. The maximum absolute atomic E-state index is 9.49. The van der Waals surface area contributed by atoms with Gasteiger partial charge in [0.2, 0.25) is 0 Å². The predicted molar refractivity (Wildman–Crippen MR) is 58.9 cm³/mol. The summed E-state index contributed by atoms with van der Waals surface area (Å²) >= 11 is 0. The van der Waals surface area contributed by atoms with E-state index in [2.05, 4.69) is 18.2 Å². The van der Waals surface area contributed by atoms with Crippen molar-refractivity contribution in [2.45, 2.75) is 25.4 Å². The standard InChI is InChI=1S/C13H14O2/c14-11-5-4-10(8-11)12-3-1-2-9-6-7-15-13(9)12/h1-3,8,11,14H,4-7H2. The van der Waals surface area contributed by atoms with Crippen molar-refractivity contribution in [1.29, 1.82) is 0 Å². The predicted octanol–water partition coefficient (Wildman–Crippen LogP) is 2.16. The zero-order valence-electron chi connectivity index (χ0n) is 8.57. The number of hydrogen-bond donors (Lipinski definition) is 1. The third-order valence-electron chi connectivity index (χ3n) is 3.16. The quantitative estimate of drug-likeness (QED) is 0.756. The average Bonchev–Trinajstić information content (AvgIpc) is 2.84. The summed E-state index contributed by atoms with van der Waals surface area (Å²) in [4.78, 5) is 0. The Balaban J connectivity index is 2.06. The Labute approximate surface area is 89.2 Å². The van der Waals surface area contributed by atoms with Gasteiger partial charge < -0.3 is 9.84 Å². The Morgan fingerprint density at radius 3 is 3.00 bits per heavy atom. The summed E-state index contributed by atoms with van der Waals surface area (Å²) in [5.74, 6) is 1.04. The first-order valence-electron chi connectivity index (χ1n) is 5.48. The fourth-order valence-electron chi connectivity index (χ4n) is 2.39. The Morgan fingerprint density at radius 1 is 1.27 bits per heavy atom. The van der Waals surface area contributed by atoms with Gasteiger partial charge in [0.1, 0.15) is 5.75 Å². The maximum atomic E-state index is 9.49. The molecule has 1 atom stereocenters. The molecule has 1 N–H and O–H groups in total. The Kier molecular flexibility index (Phi) is 2.03. The molecule has 1 aliphatic heterocycles. The molecule has 15 heavy (non-hydrogen) atoms. The summed E-state index contributed by atoms with van der Waals surface area (Å²) in [7, 11) is 0. The lowest BCUT2D eigenvalue weighted by Gasteiger charge is -2.08. The van der Waals surface area contributed by atoms with E-state index < -0.39 is 0 Å². The van der Waals surface area contributed by atoms with Gasteiger partial charge in [-0.05, 0) is 24.0 Å². The first kappa shape index (κ1) is 8.98. The molecule has 0 amide bonds. The second kappa shape index (κ2) is 3.38. The highest BCUT2D eigenvalue weighted by atomic mass is 16.5. The Bertz CT molecular complexity index is 421. The number of allylic oxidation sites excluding steroid dienone is 1. The second-order valence-electron chi connectivity index (χ2n) is 4.19. The SMILES string of the molecule is OC1C=C(c2cccc3c2OCC3)CC1. The van der Waals surface area contributed by atoms with E-state index in [1.807, 2.05) is 6.08 Å². The minimum atomic E-state index is -0.266. The highest BCUT2D eigenvalue weighted by Crippen LogP contribution is 2.38. The largest absolute Gasteiger partial charge is 0.492 e. The van der Waals surface area contributed by atoms with Gasteiger partial charge in [0, 0.05) is 12.0 Å². The summed E-state index contributed by atoms with van der Waals surface area (Å²) in [5.41, 5.74) is 3.72. The number of benzene rings is 1. The van der Waals surface area contributed by atoms with E-state index in [0.717, 1.165) is 31.6 Å². The number of aliphatic hydroxyl groups is 1. The van der Waals surface area contributed by atoms with Crippen LogP contribution in [0.15, 0.2) is 24.3 Å². The first-order chi connectivity index (χ1) is 7.34. The van der Waals surface area contributed by atoms with Crippen LogP contribution in [0.2, 0.25) is 0 Å². The van der Waals surface area contributed by atoms with E-state index in [1.165, 1.54) is 16.7 Å². The van der Waals surface area contributed by atoms with Crippen molar-refractivity contribution < 1.29 is 9.84 Å². The monoisotopic (exact) mass is 202 g/mol. The minimum absolute atomic E-state index is 0.266. The molecule has 2 heteroatoms. The summed E-state index contributed by atoms with van der Waals surface area (Å²) in [6.45, 7) is 0.794. The molecule has 2 nitrogen and oxygen atoms in total. The third-order valence-corrected chi connectivity index (χ3v) is 3.16. The van der Waals surface area contributed by atoms with Crippen LogP contribution in [0.5, 0.6) is 5.75 Å². The highest BCUT2D eigenvalue weighted by molar-refractivity contribution is 5.74. The molecule has 1 aromatic rings. The Morgan fingerprint density at radius 2 is 2.20 bits per heavy atom. The molecule has 0 aromatic heterocycles. The van der Waals surface area contributed by atoms with E-state index >= 15 is 0 Å². The van der Waals surface area contributed by atoms with Gasteiger partial charge in [0.15, 0.2) is 0 Å². The summed E-state index contributed by atoms with van der Waals surface area (Å²) in [5, 5.41) is 9.49. The number of ether oxygens (including phenoxy) is 1. The molecule has 1 aliphatic carbocycles. The average molecular weight is 202 g/mol. The van der Waals surface area contributed by atoms with E-state index in [0.29, 0.717) is 0 Å². The normalized spacial score (nSPS) is 23.5. The number of hydrogen-bond acceptors (Lipinski definition) is 2. The summed E-state index contributed by atoms with van der Waals surface area (Å²) in [6.07, 6.45) is 4.51. The molecule has 2 aliphatic rings. The molecule has 0 bridgehead atoms. The molecule has 1 aromatic carbocycles. The van der Waals surface area contributed by atoms with Gasteiger partial charge >= 0.3 is 0 Å². The topological polar surface area (TPSA) is 29.5 Å². The zero-order chi connectivity index (χ0) is 10.3. The van der Waals surface area contributed by atoms with E-state index in [-0.39, 0.29) is 6.10 Å². The van der Waals surface area contributed by atoms with Crippen LogP contribution in [-0.2, 0) is 6.42 Å². The van der Waals surface area contributed by atoms with Crippen LogP contribution in [0.1, 0.15) is 24.0 Å². The number of para-hydroxylation sites is 1. The lowest BCUT2D eigenvalue weighted by molar-refractivity contribution is 0.223. The molecule has 0 fully saturated rings. The Hall–Kier alpha value is -1.28. The third kappa shape index (κ3) is 1.45. The van der Waals surface area contributed by atoms with Gasteiger partial charge in [-0.2, -0.15) is 0 Å². The first-order valence-corrected chi connectivity index (χ1v) is 5.48. The van der Waals surface area contributed by atoms with E-state index in [4.69, 9.17) is 4.74 Å². The summed E-state index contributed by atoms with van der Waals surface area (Å²) < 4.78 is 5.65. The van der Waals surface area contributed by atoms with Crippen LogP contribution in [0.4, 0.5) is 0 Å². The van der Waals surface area contributed by atoms with E-state index in [9.17, 15) is 5.11 Å². The lowest BCUT2D eigenvalue weighted by Crippen LogP contribution is -1.93. The molecule has 3 rings (SSSR count). The van der Waals surface area contributed by atoms with Crippen molar-refractivity contribution in [3.8, 4) is 5.75 Å². The molecule has 78 valence electrons. The van der Waals surface area contributed by atoms with Gasteiger partial charge in [-0.3, -0.25) is 0 Å². The van der Waals surface area contributed by atoms with Crippen molar-refractivity contribution in [3.05, 3.63) is 35.4 Å². The molecule has 0 saturated heterocycles. The van der Waals surface area contributed by atoms with Gasteiger partial charge in [0.05, 0.1) is 12.7 Å². The van der Waals surface area contributed by atoms with Crippen LogP contribution < -0.4 is 4.74 Å². The fraction of sp³-hybridized carbons (Fsp3) is 0.385. The number of aliphatic hydroxyl groups excluding tert-OH is 1. The molecule has 1 heterocycles. The number of rotatable bonds is 1. The molecule has 0 saturated carbocycles. The van der Waals surface area contributed by atoms with Crippen molar-refractivity contribution in [1.82, 2.24) is 0 Å². The van der Waals surface area contributed by atoms with Gasteiger partial charge in [-0.15, -0.1) is 0 Å². The molecular weight excluding hydrogens is 188 g/mol. The second-order valence-corrected chi connectivity index (χ2v) is 4.19. The van der Waals surface area contributed by atoms with Crippen molar-refractivity contribution in [3.63, 3.8) is 0 Å². The van der Waals surface area contributed by atoms with Crippen LogP contribution in [0.25, 0.3) is 5.57 Å². The van der Waals surface area contributed by atoms with Crippen LogP contribution in [0, 0.1) is 0 Å². The van der Waals surface area contributed by atoms with Gasteiger partial charge in [-0.1, -0.05) is 24.3 Å². The highest BCUT2D eigenvalue weighted by Gasteiger charge is 2.21. The van der Waals surface area contributed by atoms with Crippen LogP contribution in [0.3, 0.4) is 0 Å². The van der Waals surface area contributed by atoms with Crippen molar-refractivity contribution >= 4 is 5.57 Å². The lowest BCUT2D eigenvalue weighted by atomic mass is 10.0. The fourth-order valence-corrected chi connectivity index (χ4v) is 2.39. The van der Waals surface area contributed by atoms with Crippen LogP contribution >= 0.6 is 0 Å². The van der Waals surface area contributed by atoms with Gasteiger partial charge in [0.25, 0.3) is 0 Å². The van der Waals surface area contributed by atoms with E-state index in [1.54, 1.807) is 0 Å². The van der Waals surface area contributed by atoms with Gasteiger partial charge in [-0.25, -0.2) is 0 Å². The molecule has 0 radical (unpaired) electrons. The van der Waals surface area contributed by atoms with Crippen LogP contribution in [-0.4, -0.2) is 17.8 Å².